The molecule has 0 fully saturated rings. The summed E-state index contributed by atoms with van der Waals surface area (Å²) < 4.78 is 0. The van der Waals surface area contributed by atoms with Gasteiger partial charge < -0.3 is 0 Å². The Hall–Kier alpha value is -0.195. The van der Waals surface area contributed by atoms with Gasteiger partial charge in [0.15, 0.2) is 0 Å². The summed E-state index contributed by atoms with van der Waals surface area (Å²) in [5, 5.41) is 0. The molecule has 1 heteroatoms. The van der Waals surface area contributed by atoms with E-state index in [1.165, 1.54) is 12.8 Å². The monoisotopic (exact) mass is 134 g/mol. The molecule has 0 saturated carbocycles. The summed E-state index contributed by atoms with van der Waals surface area (Å²) in [6.45, 7) is 4.51. The summed E-state index contributed by atoms with van der Waals surface area (Å²) in [5.41, 5.74) is 1.60. The molecule has 1 rings (SSSR count). The van der Waals surface area contributed by atoms with E-state index >= 15 is 0 Å². The minimum atomic E-state index is 0.433. The molecule has 0 nitrogen and oxygen atoms in total. The van der Waals surface area contributed by atoms with Crippen molar-refractivity contribution in [2.24, 2.45) is 5.92 Å². The van der Waals surface area contributed by atoms with Crippen molar-refractivity contribution in [2.45, 2.75) is 38.9 Å². The SMILES string of the molecule is [B]C1CC=C(C(C)C)CC1. The summed E-state index contributed by atoms with van der Waals surface area (Å²) in [6, 6.07) is 0. The molecule has 0 saturated heterocycles. The Kier molecular flexibility index (Phi) is 2.59. The van der Waals surface area contributed by atoms with E-state index in [0.29, 0.717) is 5.82 Å². The molecule has 0 aromatic heterocycles. The summed E-state index contributed by atoms with van der Waals surface area (Å²) in [4.78, 5) is 0. The van der Waals surface area contributed by atoms with Gasteiger partial charge in [-0.25, -0.2) is 0 Å². The van der Waals surface area contributed by atoms with Crippen molar-refractivity contribution < 1.29 is 0 Å². The smallest absolute Gasteiger partial charge is 0.0703 e. The fourth-order valence-corrected chi connectivity index (χ4v) is 1.40. The topological polar surface area (TPSA) is 0 Å². The summed E-state index contributed by atoms with van der Waals surface area (Å²) in [6.07, 6.45) is 5.81. The summed E-state index contributed by atoms with van der Waals surface area (Å²) >= 11 is 0. The van der Waals surface area contributed by atoms with Crippen LogP contribution >= 0.6 is 0 Å². The fraction of sp³-hybridized carbons (Fsp3) is 0.778. The van der Waals surface area contributed by atoms with Crippen LogP contribution in [0.4, 0.5) is 0 Å². The fourth-order valence-electron chi connectivity index (χ4n) is 1.40. The van der Waals surface area contributed by atoms with Crippen LogP contribution in [0.3, 0.4) is 0 Å². The maximum atomic E-state index is 5.75. The maximum absolute atomic E-state index is 5.75. The largest absolute Gasteiger partial charge is 0.0855 e. The van der Waals surface area contributed by atoms with Crippen LogP contribution in [0.2, 0.25) is 5.82 Å². The van der Waals surface area contributed by atoms with Gasteiger partial charge in [0.25, 0.3) is 0 Å². The second-order valence-corrected chi connectivity index (χ2v) is 3.47. The highest BCUT2D eigenvalue weighted by Crippen LogP contribution is 2.28. The minimum Gasteiger partial charge on any atom is -0.0855 e. The quantitative estimate of drug-likeness (QED) is 0.382. The van der Waals surface area contributed by atoms with Gasteiger partial charge in [-0.2, -0.15) is 0 Å². The molecule has 1 aliphatic rings. The van der Waals surface area contributed by atoms with E-state index in [-0.39, 0.29) is 0 Å². The predicted octanol–water partition coefficient (Wildman–Crippen LogP) is 2.71. The molecular weight excluding hydrogens is 119 g/mol. The van der Waals surface area contributed by atoms with Crippen LogP contribution in [0, 0.1) is 5.92 Å². The van der Waals surface area contributed by atoms with Gasteiger partial charge in [-0.15, -0.1) is 0 Å². The third kappa shape index (κ3) is 1.90. The Morgan fingerprint density at radius 3 is 2.70 bits per heavy atom. The van der Waals surface area contributed by atoms with Crippen LogP contribution < -0.4 is 0 Å². The van der Waals surface area contributed by atoms with Crippen molar-refractivity contribution in [3.63, 3.8) is 0 Å². The highest BCUT2D eigenvalue weighted by molar-refractivity contribution is 6.11. The number of rotatable bonds is 1. The van der Waals surface area contributed by atoms with Gasteiger partial charge in [0, 0.05) is 0 Å². The van der Waals surface area contributed by atoms with E-state index in [9.17, 15) is 0 Å². The molecule has 0 aliphatic heterocycles. The van der Waals surface area contributed by atoms with Crippen molar-refractivity contribution >= 4 is 7.85 Å². The Labute approximate surface area is 65.1 Å². The van der Waals surface area contributed by atoms with Crippen LogP contribution in [0.5, 0.6) is 0 Å². The molecule has 1 atom stereocenters. The molecule has 0 N–H and O–H groups in total. The van der Waals surface area contributed by atoms with Crippen LogP contribution in [-0.4, -0.2) is 7.85 Å². The first-order chi connectivity index (χ1) is 4.70. The Morgan fingerprint density at radius 2 is 2.30 bits per heavy atom. The lowest BCUT2D eigenvalue weighted by Gasteiger charge is -2.20. The van der Waals surface area contributed by atoms with Gasteiger partial charge in [0.1, 0.15) is 0 Å². The zero-order valence-electron chi connectivity index (χ0n) is 6.93. The average molecular weight is 134 g/mol. The molecule has 0 heterocycles. The summed E-state index contributed by atoms with van der Waals surface area (Å²) in [7, 11) is 5.75. The standard InChI is InChI=1S/C9H15B/c1-7(2)8-3-5-9(10)6-4-8/h3,7,9H,4-6H2,1-2H3. The summed E-state index contributed by atoms with van der Waals surface area (Å²) in [5.74, 6) is 1.16. The van der Waals surface area contributed by atoms with Crippen LogP contribution in [0.15, 0.2) is 11.6 Å². The molecule has 1 unspecified atom stereocenters. The van der Waals surface area contributed by atoms with Crippen molar-refractivity contribution in [1.82, 2.24) is 0 Å². The average Bonchev–Trinajstić information content (AvgIpc) is 1.88. The van der Waals surface area contributed by atoms with Crippen molar-refractivity contribution in [2.75, 3.05) is 0 Å². The number of allylic oxidation sites excluding steroid dienone is 2. The molecule has 2 radical (unpaired) electrons. The lowest BCUT2D eigenvalue weighted by Crippen LogP contribution is -2.03. The highest BCUT2D eigenvalue weighted by Gasteiger charge is 2.11. The van der Waals surface area contributed by atoms with Gasteiger partial charge in [-0.3, -0.25) is 0 Å². The first-order valence-electron chi connectivity index (χ1n) is 4.14. The number of hydrogen-bond acceptors (Lipinski definition) is 0. The lowest BCUT2D eigenvalue weighted by atomic mass is 9.75. The van der Waals surface area contributed by atoms with Gasteiger partial charge in [0.2, 0.25) is 0 Å². The first kappa shape index (κ1) is 7.91. The van der Waals surface area contributed by atoms with E-state index < -0.39 is 0 Å². The third-order valence-corrected chi connectivity index (χ3v) is 2.23. The van der Waals surface area contributed by atoms with Gasteiger partial charge >= 0.3 is 0 Å². The van der Waals surface area contributed by atoms with Crippen LogP contribution in [-0.2, 0) is 0 Å². The minimum absolute atomic E-state index is 0.433. The third-order valence-electron chi connectivity index (χ3n) is 2.23. The Balaban J connectivity index is 2.48. The lowest BCUT2D eigenvalue weighted by molar-refractivity contribution is 0.620. The van der Waals surface area contributed by atoms with E-state index in [4.69, 9.17) is 7.85 Å². The molecule has 0 spiro atoms. The highest BCUT2D eigenvalue weighted by atomic mass is 14.1. The van der Waals surface area contributed by atoms with E-state index in [0.717, 1.165) is 12.3 Å². The second kappa shape index (κ2) is 3.27. The molecular formula is C9H15B. The van der Waals surface area contributed by atoms with Crippen molar-refractivity contribution in [1.29, 1.82) is 0 Å². The second-order valence-electron chi connectivity index (χ2n) is 3.47. The predicted molar refractivity (Wildman–Crippen MR) is 46.3 cm³/mol. The van der Waals surface area contributed by atoms with E-state index in [1.807, 2.05) is 0 Å². The maximum Gasteiger partial charge on any atom is 0.0703 e. The van der Waals surface area contributed by atoms with Gasteiger partial charge in [-0.05, 0) is 18.8 Å². The van der Waals surface area contributed by atoms with Gasteiger partial charge in [-0.1, -0.05) is 37.7 Å². The van der Waals surface area contributed by atoms with Gasteiger partial charge in [0.05, 0.1) is 7.85 Å². The Morgan fingerprint density at radius 1 is 1.60 bits per heavy atom. The van der Waals surface area contributed by atoms with E-state index in [2.05, 4.69) is 19.9 Å². The van der Waals surface area contributed by atoms with E-state index in [1.54, 1.807) is 5.57 Å². The first-order valence-corrected chi connectivity index (χ1v) is 4.14. The molecule has 0 aromatic rings. The molecule has 10 heavy (non-hydrogen) atoms. The molecule has 54 valence electrons. The number of hydrogen-bond donors (Lipinski definition) is 0. The molecule has 0 amide bonds. The molecule has 1 aliphatic carbocycles. The normalized spacial score (nSPS) is 26.7. The zero-order valence-corrected chi connectivity index (χ0v) is 6.93. The van der Waals surface area contributed by atoms with Crippen molar-refractivity contribution in [3.8, 4) is 0 Å². The molecule has 0 bridgehead atoms. The Bertz CT molecular complexity index is 136. The van der Waals surface area contributed by atoms with Crippen molar-refractivity contribution in [3.05, 3.63) is 11.6 Å². The van der Waals surface area contributed by atoms with Crippen LogP contribution in [0.1, 0.15) is 33.1 Å². The zero-order chi connectivity index (χ0) is 7.56. The molecule has 0 aromatic carbocycles. The van der Waals surface area contributed by atoms with Crippen LogP contribution in [0.25, 0.3) is 0 Å².